The van der Waals surface area contributed by atoms with Gasteiger partial charge in [-0.05, 0) is 23.8 Å². The second-order valence-corrected chi connectivity index (χ2v) is 6.57. The monoisotopic (exact) mass is 390 g/mol. The molecule has 0 saturated carbocycles. The van der Waals surface area contributed by atoms with E-state index in [1.165, 1.54) is 12.1 Å². The van der Waals surface area contributed by atoms with Gasteiger partial charge in [0.1, 0.15) is 5.82 Å². The van der Waals surface area contributed by atoms with Gasteiger partial charge in [0.15, 0.2) is 5.65 Å². The number of hydrogen-bond acceptors (Lipinski definition) is 4. The van der Waals surface area contributed by atoms with E-state index in [1.54, 1.807) is 23.0 Å². The molecule has 2 heterocycles. The number of hydrogen-bond donors (Lipinski definition) is 2. The summed E-state index contributed by atoms with van der Waals surface area (Å²) in [5.41, 5.74) is 3.20. The van der Waals surface area contributed by atoms with E-state index in [0.29, 0.717) is 28.8 Å². The number of aliphatic hydroxyl groups excluding tert-OH is 1. The summed E-state index contributed by atoms with van der Waals surface area (Å²) in [6.45, 7) is 0.329. The molecule has 0 fully saturated rings. The molecule has 2 aromatic carbocycles. The average Bonchev–Trinajstić information content (AvgIpc) is 3.14. The van der Waals surface area contributed by atoms with Gasteiger partial charge in [-0.25, -0.2) is 14.1 Å². The van der Waals surface area contributed by atoms with Crippen LogP contribution < -0.4 is 5.32 Å². The summed E-state index contributed by atoms with van der Waals surface area (Å²) in [6.07, 6.45) is 1.59. The molecular weight excluding hydrogens is 371 g/mol. The Morgan fingerprint density at radius 2 is 1.93 bits per heavy atom. The van der Waals surface area contributed by atoms with Gasteiger partial charge in [0.25, 0.3) is 5.91 Å². The standard InChI is InChI=1S/C22H19FN4O2/c23-17-8-4-5-15(11-17)14-27-21-19(13-25-27)18(22(29)24-9-10-28)12-20(26-21)16-6-2-1-3-7-16/h1-8,11-13,28H,9-10,14H2,(H,24,29). The van der Waals surface area contributed by atoms with Gasteiger partial charge in [-0.3, -0.25) is 4.79 Å². The number of aliphatic hydroxyl groups is 1. The molecule has 0 unspecified atom stereocenters. The molecule has 0 spiro atoms. The molecule has 0 bridgehead atoms. The summed E-state index contributed by atoms with van der Waals surface area (Å²) in [5.74, 6) is -0.630. The predicted octanol–water partition coefficient (Wildman–Crippen LogP) is 3.01. The topological polar surface area (TPSA) is 80.0 Å². The van der Waals surface area contributed by atoms with E-state index in [1.807, 2.05) is 36.4 Å². The number of benzene rings is 2. The molecule has 7 heteroatoms. The SMILES string of the molecule is O=C(NCCO)c1cc(-c2ccccc2)nc2c1cnn2Cc1cccc(F)c1. The van der Waals surface area contributed by atoms with Crippen molar-refractivity contribution in [2.45, 2.75) is 6.54 Å². The van der Waals surface area contributed by atoms with Gasteiger partial charge >= 0.3 is 0 Å². The highest BCUT2D eigenvalue weighted by Gasteiger charge is 2.17. The van der Waals surface area contributed by atoms with Crippen molar-refractivity contribution in [2.24, 2.45) is 0 Å². The first kappa shape index (κ1) is 18.8. The van der Waals surface area contributed by atoms with Crippen LogP contribution in [0.4, 0.5) is 4.39 Å². The minimum atomic E-state index is -0.319. The number of amides is 1. The van der Waals surface area contributed by atoms with Gasteiger partial charge in [-0.1, -0.05) is 42.5 Å². The largest absolute Gasteiger partial charge is 0.395 e. The van der Waals surface area contributed by atoms with Crippen LogP contribution in [0, 0.1) is 5.82 Å². The van der Waals surface area contributed by atoms with Crippen molar-refractivity contribution in [3.8, 4) is 11.3 Å². The first-order valence-corrected chi connectivity index (χ1v) is 9.21. The van der Waals surface area contributed by atoms with Crippen molar-refractivity contribution in [1.29, 1.82) is 0 Å². The van der Waals surface area contributed by atoms with Gasteiger partial charge in [-0.15, -0.1) is 0 Å². The lowest BCUT2D eigenvalue weighted by Crippen LogP contribution is -2.26. The van der Waals surface area contributed by atoms with Crippen LogP contribution in [0.3, 0.4) is 0 Å². The smallest absolute Gasteiger partial charge is 0.252 e. The molecule has 4 rings (SSSR count). The van der Waals surface area contributed by atoms with Crippen LogP contribution in [0.2, 0.25) is 0 Å². The maximum atomic E-state index is 13.6. The third-order valence-corrected chi connectivity index (χ3v) is 4.54. The van der Waals surface area contributed by atoms with Crippen molar-refractivity contribution in [3.63, 3.8) is 0 Å². The molecule has 146 valence electrons. The Hall–Kier alpha value is -3.58. The normalized spacial score (nSPS) is 11.0. The summed E-state index contributed by atoms with van der Waals surface area (Å²) in [6, 6.07) is 17.5. The van der Waals surface area contributed by atoms with E-state index in [-0.39, 0.29) is 24.9 Å². The quantitative estimate of drug-likeness (QED) is 0.530. The van der Waals surface area contributed by atoms with Gasteiger partial charge in [-0.2, -0.15) is 5.10 Å². The zero-order valence-corrected chi connectivity index (χ0v) is 15.5. The van der Waals surface area contributed by atoms with E-state index in [4.69, 9.17) is 10.1 Å². The van der Waals surface area contributed by atoms with Crippen molar-refractivity contribution >= 4 is 16.9 Å². The van der Waals surface area contributed by atoms with Gasteiger partial charge in [0.2, 0.25) is 0 Å². The number of nitrogens with zero attached hydrogens (tertiary/aromatic N) is 3. The van der Waals surface area contributed by atoms with Crippen LogP contribution in [0.5, 0.6) is 0 Å². The van der Waals surface area contributed by atoms with Gasteiger partial charge in [0, 0.05) is 12.1 Å². The molecule has 1 amide bonds. The van der Waals surface area contributed by atoms with Gasteiger partial charge in [0.05, 0.1) is 36.0 Å². The number of pyridine rings is 1. The van der Waals surface area contributed by atoms with Crippen molar-refractivity contribution in [2.75, 3.05) is 13.2 Å². The molecular formula is C22H19FN4O2. The summed E-state index contributed by atoms with van der Waals surface area (Å²) in [4.78, 5) is 17.4. The zero-order valence-electron chi connectivity index (χ0n) is 15.5. The molecule has 29 heavy (non-hydrogen) atoms. The molecule has 0 aliphatic heterocycles. The number of halogens is 1. The predicted molar refractivity (Wildman–Crippen MR) is 108 cm³/mol. The highest BCUT2D eigenvalue weighted by Crippen LogP contribution is 2.25. The van der Waals surface area contributed by atoms with E-state index in [9.17, 15) is 9.18 Å². The Labute approximate surface area is 166 Å². The third-order valence-electron chi connectivity index (χ3n) is 4.54. The summed E-state index contributed by atoms with van der Waals surface area (Å²) in [7, 11) is 0. The second-order valence-electron chi connectivity index (χ2n) is 6.57. The Morgan fingerprint density at radius 3 is 2.69 bits per heavy atom. The van der Waals surface area contributed by atoms with Crippen LogP contribution in [0.25, 0.3) is 22.3 Å². The number of nitrogens with one attached hydrogen (secondary N) is 1. The zero-order chi connectivity index (χ0) is 20.2. The molecule has 2 aromatic heterocycles. The van der Waals surface area contributed by atoms with E-state index >= 15 is 0 Å². The van der Waals surface area contributed by atoms with Crippen molar-refractivity contribution in [1.82, 2.24) is 20.1 Å². The second kappa shape index (κ2) is 8.20. The van der Waals surface area contributed by atoms with Crippen LogP contribution in [-0.4, -0.2) is 38.9 Å². The molecule has 0 aliphatic carbocycles. The van der Waals surface area contributed by atoms with Crippen molar-refractivity contribution < 1.29 is 14.3 Å². The molecule has 6 nitrogen and oxygen atoms in total. The Bertz CT molecular complexity index is 1160. The maximum absolute atomic E-state index is 13.6. The Balaban J connectivity index is 1.83. The highest BCUT2D eigenvalue weighted by atomic mass is 19.1. The Kier molecular flexibility index (Phi) is 5.31. The number of carbonyl (C=O) groups is 1. The number of carbonyl (C=O) groups excluding carboxylic acids is 1. The minimum absolute atomic E-state index is 0.148. The number of aromatic nitrogens is 3. The lowest BCUT2D eigenvalue weighted by Gasteiger charge is -2.09. The molecule has 0 atom stereocenters. The molecule has 0 aliphatic rings. The molecule has 2 N–H and O–H groups in total. The third kappa shape index (κ3) is 4.00. The summed E-state index contributed by atoms with van der Waals surface area (Å²) >= 11 is 0. The Morgan fingerprint density at radius 1 is 1.10 bits per heavy atom. The van der Waals surface area contributed by atoms with E-state index < -0.39 is 0 Å². The average molecular weight is 390 g/mol. The van der Waals surface area contributed by atoms with Crippen LogP contribution >= 0.6 is 0 Å². The van der Waals surface area contributed by atoms with Gasteiger partial charge < -0.3 is 10.4 Å². The lowest BCUT2D eigenvalue weighted by molar-refractivity contribution is 0.0946. The highest BCUT2D eigenvalue weighted by molar-refractivity contribution is 6.06. The molecule has 4 aromatic rings. The first-order chi connectivity index (χ1) is 14.2. The number of fused-ring (bicyclic) bond motifs is 1. The fourth-order valence-electron chi connectivity index (χ4n) is 3.18. The van der Waals surface area contributed by atoms with E-state index in [0.717, 1.165) is 11.1 Å². The minimum Gasteiger partial charge on any atom is -0.395 e. The molecule has 0 radical (unpaired) electrons. The maximum Gasteiger partial charge on any atom is 0.252 e. The van der Waals surface area contributed by atoms with Crippen LogP contribution in [0.1, 0.15) is 15.9 Å². The summed E-state index contributed by atoms with van der Waals surface area (Å²) in [5, 5.41) is 16.7. The summed E-state index contributed by atoms with van der Waals surface area (Å²) < 4.78 is 15.2. The fourth-order valence-corrected chi connectivity index (χ4v) is 3.18. The molecule has 0 saturated heterocycles. The lowest BCUT2D eigenvalue weighted by atomic mass is 10.1. The van der Waals surface area contributed by atoms with Crippen LogP contribution in [0.15, 0.2) is 66.9 Å². The van der Waals surface area contributed by atoms with Crippen molar-refractivity contribution in [3.05, 3.63) is 83.8 Å². The van der Waals surface area contributed by atoms with Crippen LogP contribution in [-0.2, 0) is 6.54 Å². The fraction of sp³-hybridized carbons (Fsp3) is 0.136. The van der Waals surface area contributed by atoms with E-state index in [2.05, 4.69) is 10.4 Å². The number of rotatable bonds is 6. The first-order valence-electron chi connectivity index (χ1n) is 9.21.